The van der Waals surface area contributed by atoms with Gasteiger partial charge in [0.1, 0.15) is 10.8 Å². The first-order valence-corrected chi connectivity index (χ1v) is 9.33. The molecule has 0 aliphatic carbocycles. The van der Waals surface area contributed by atoms with Gasteiger partial charge in [0, 0.05) is 5.02 Å². The van der Waals surface area contributed by atoms with Crippen molar-refractivity contribution in [2.45, 2.75) is 20.8 Å². The van der Waals surface area contributed by atoms with Crippen LogP contribution in [0.25, 0.3) is 5.57 Å². The van der Waals surface area contributed by atoms with Gasteiger partial charge >= 0.3 is 0 Å². The van der Waals surface area contributed by atoms with Gasteiger partial charge in [0.05, 0.1) is 17.9 Å². The number of carbonyl (C=O) groups excluding carboxylic acids is 2. The van der Waals surface area contributed by atoms with Crippen molar-refractivity contribution in [2.75, 3.05) is 11.5 Å². The van der Waals surface area contributed by atoms with Gasteiger partial charge in [-0.25, -0.2) is 4.90 Å². The lowest BCUT2D eigenvalue weighted by molar-refractivity contribution is -0.119. The van der Waals surface area contributed by atoms with Gasteiger partial charge < -0.3 is 4.74 Å². The Morgan fingerprint density at radius 1 is 1.00 bits per heavy atom. The first-order valence-electron chi connectivity index (χ1n) is 8.57. The summed E-state index contributed by atoms with van der Waals surface area (Å²) in [6.07, 6.45) is 0. The minimum atomic E-state index is -0.554. The molecule has 1 aliphatic heterocycles. The third-order valence-electron chi connectivity index (χ3n) is 4.17. The summed E-state index contributed by atoms with van der Waals surface area (Å²) in [4.78, 5) is 26.7. The Morgan fingerprint density at radius 2 is 1.67 bits per heavy atom. The maximum Gasteiger partial charge on any atom is 0.277 e. The molecule has 0 fully saturated rings. The number of rotatable bonds is 5. The van der Waals surface area contributed by atoms with Crippen LogP contribution in [-0.2, 0) is 9.59 Å². The Balaban J connectivity index is 1.91. The molecule has 6 heteroatoms. The topological polar surface area (TPSA) is 46.6 Å². The molecule has 0 saturated carbocycles. The second-order valence-electron chi connectivity index (χ2n) is 6.79. The van der Waals surface area contributed by atoms with Crippen LogP contribution in [-0.4, -0.2) is 18.4 Å². The van der Waals surface area contributed by atoms with Crippen LogP contribution in [0.15, 0.2) is 47.5 Å². The zero-order valence-electron chi connectivity index (χ0n) is 15.3. The largest absolute Gasteiger partial charge is 0.493 e. The number of hydrogen-bond donors (Lipinski definition) is 0. The number of benzene rings is 2. The Morgan fingerprint density at radius 3 is 2.30 bits per heavy atom. The molecule has 0 spiro atoms. The van der Waals surface area contributed by atoms with Gasteiger partial charge in [-0.3, -0.25) is 9.59 Å². The van der Waals surface area contributed by atoms with Crippen LogP contribution >= 0.6 is 23.2 Å². The summed E-state index contributed by atoms with van der Waals surface area (Å²) in [5.41, 5.74) is 1.93. The molecule has 1 aliphatic rings. The first-order chi connectivity index (χ1) is 12.8. The van der Waals surface area contributed by atoms with Crippen LogP contribution < -0.4 is 9.64 Å². The molecule has 27 heavy (non-hydrogen) atoms. The number of imide groups is 1. The molecule has 0 saturated heterocycles. The molecule has 2 aromatic rings. The lowest BCUT2D eigenvalue weighted by Crippen LogP contribution is -2.31. The monoisotopic (exact) mass is 403 g/mol. The van der Waals surface area contributed by atoms with E-state index in [1.807, 2.05) is 0 Å². The first kappa shape index (κ1) is 19.5. The zero-order chi connectivity index (χ0) is 19.7. The third-order valence-corrected chi connectivity index (χ3v) is 4.75. The molecule has 0 radical (unpaired) electrons. The van der Waals surface area contributed by atoms with Crippen LogP contribution in [0.2, 0.25) is 5.02 Å². The highest BCUT2D eigenvalue weighted by Gasteiger charge is 2.39. The summed E-state index contributed by atoms with van der Waals surface area (Å²) in [6, 6.07) is 12.0. The lowest BCUT2D eigenvalue weighted by Gasteiger charge is -2.17. The molecule has 1 heterocycles. The molecular weight excluding hydrogens is 385 g/mol. The number of nitrogens with zero attached hydrogens (tertiary/aromatic N) is 1. The maximum absolute atomic E-state index is 13.0. The van der Waals surface area contributed by atoms with Crippen molar-refractivity contribution in [1.29, 1.82) is 0 Å². The maximum atomic E-state index is 13.0. The van der Waals surface area contributed by atoms with E-state index in [1.54, 1.807) is 49.4 Å². The number of hydrogen-bond acceptors (Lipinski definition) is 3. The number of ether oxygens (including phenoxy) is 1. The molecule has 4 nitrogen and oxygen atoms in total. The molecule has 3 rings (SSSR count). The van der Waals surface area contributed by atoms with Crippen LogP contribution in [0.3, 0.4) is 0 Å². The molecule has 0 aromatic heterocycles. The van der Waals surface area contributed by atoms with Gasteiger partial charge in [-0.2, -0.15) is 0 Å². The van der Waals surface area contributed by atoms with Gasteiger partial charge in [0.25, 0.3) is 11.8 Å². The fourth-order valence-corrected chi connectivity index (χ4v) is 3.22. The van der Waals surface area contributed by atoms with E-state index in [2.05, 4.69) is 13.8 Å². The van der Waals surface area contributed by atoms with Crippen LogP contribution in [0, 0.1) is 12.8 Å². The van der Waals surface area contributed by atoms with E-state index in [1.165, 1.54) is 0 Å². The Hall–Kier alpha value is -2.30. The lowest BCUT2D eigenvalue weighted by atomic mass is 10.1. The fourth-order valence-electron chi connectivity index (χ4n) is 2.78. The average molecular weight is 404 g/mol. The number of amides is 2. The van der Waals surface area contributed by atoms with E-state index in [0.717, 1.165) is 10.5 Å². The summed E-state index contributed by atoms with van der Waals surface area (Å²) in [5, 5.41) is 0.336. The molecule has 2 aromatic carbocycles. The number of anilines is 1. The van der Waals surface area contributed by atoms with Crippen molar-refractivity contribution < 1.29 is 14.3 Å². The van der Waals surface area contributed by atoms with E-state index >= 15 is 0 Å². The summed E-state index contributed by atoms with van der Waals surface area (Å²) in [6.45, 7) is 6.53. The Bertz CT molecular complexity index is 933. The van der Waals surface area contributed by atoms with Crippen molar-refractivity contribution in [2.24, 2.45) is 5.92 Å². The van der Waals surface area contributed by atoms with Crippen LogP contribution in [0.1, 0.15) is 25.0 Å². The zero-order valence-corrected chi connectivity index (χ0v) is 16.8. The molecule has 0 atom stereocenters. The van der Waals surface area contributed by atoms with Crippen molar-refractivity contribution in [3.8, 4) is 5.75 Å². The minimum Gasteiger partial charge on any atom is -0.493 e. The second kappa shape index (κ2) is 7.75. The van der Waals surface area contributed by atoms with E-state index < -0.39 is 11.8 Å². The van der Waals surface area contributed by atoms with Crippen molar-refractivity contribution >= 4 is 46.3 Å². The number of carbonyl (C=O) groups is 2. The van der Waals surface area contributed by atoms with E-state index in [0.29, 0.717) is 34.5 Å². The van der Waals surface area contributed by atoms with Crippen LogP contribution in [0.5, 0.6) is 5.75 Å². The summed E-state index contributed by atoms with van der Waals surface area (Å²) in [7, 11) is 0. The highest BCUT2D eigenvalue weighted by molar-refractivity contribution is 6.60. The van der Waals surface area contributed by atoms with Crippen LogP contribution in [0.4, 0.5) is 5.69 Å². The summed E-state index contributed by atoms with van der Waals surface area (Å²) >= 11 is 12.3. The molecule has 2 amide bonds. The Kier molecular flexibility index (Phi) is 5.59. The van der Waals surface area contributed by atoms with E-state index in [4.69, 9.17) is 27.9 Å². The quantitative estimate of drug-likeness (QED) is 0.643. The van der Waals surface area contributed by atoms with Gasteiger partial charge in [-0.15, -0.1) is 0 Å². The molecule has 140 valence electrons. The molecule has 0 N–H and O–H groups in total. The minimum absolute atomic E-state index is 0.102. The molecular formula is C21H19Cl2NO3. The predicted octanol–water partition coefficient (Wildman–Crippen LogP) is 5.21. The van der Waals surface area contributed by atoms with Gasteiger partial charge in [-0.05, 0) is 48.2 Å². The van der Waals surface area contributed by atoms with E-state index in [-0.39, 0.29) is 10.6 Å². The number of aryl methyl sites for hydroxylation is 1. The molecule has 0 unspecified atom stereocenters. The van der Waals surface area contributed by atoms with Crippen molar-refractivity contribution in [1.82, 2.24) is 0 Å². The van der Waals surface area contributed by atoms with Gasteiger partial charge in [0.2, 0.25) is 0 Å². The fraction of sp³-hybridized carbons (Fsp3) is 0.238. The van der Waals surface area contributed by atoms with Gasteiger partial charge in [-0.1, -0.05) is 55.2 Å². The summed E-state index contributed by atoms with van der Waals surface area (Å²) < 4.78 is 5.65. The third kappa shape index (κ3) is 3.87. The highest BCUT2D eigenvalue weighted by atomic mass is 35.5. The highest BCUT2D eigenvalue weighted by Crippen LogP contribution is 2.37. The smallest absolute Gasteiger partial charge is 0.277 e. The van der Waals surface area contributed by atoms with Crippen molar-refractivity contribution in [3.05, 3.63) is 63.6 Å². The van der Waals surface area contributed by atoms with E-state index in [9.17, 15) is 9.59 Å². The number of halogens is 2. The van der Waals surface area contributed by atoms with Gasteiger partial charge in [0.15, 0.2) is 0 Å². The molecule has 0 bridgehead atoms. The predicted molar refractivity (Wildman–Crippen MR) is 108 cm³/mol. The SMILES string of the molecule is Cc1ccc(Cl)cc1N1C(=O)C(Cl)=C(c2ccc(OCC(C)C)cc2)C1=O. The van der Waals surface area contributed by atoms with Crippen molar-refractivity contribution in [3.63, 3.8) is 0 Å². The average Bonchev–Trinajstić information content (AvgIpc) is 2.85. The summed E-state index contributed by atoms with van der Waals surface area (Å²) in [5.74, 6) is 0.0854. The second-order valence-corrected chi connectivity index (χ2v) is 7.61. The normalized spacial score (nSPS) is 14.5. The Labute approximate surface area is 168 Å². The standard InChI is InChI=1S/C21H19Cl2NO3/c1-12(2)11-27-16-8-5-14(6-9-16)18-19(23)21(26)24(20(18)25)17-10-15(22)7-4-13(17)3/h4-10,12H,11H2,1-3H3.